The van der Waals surface area contributed by atoms with Gasteiger partial charge in [-0.05, 0) is 47.8 Å². The molecule has 1 aliphatic heterocycles. The molecule has 1 saturated heterocycles. The number of ether oxygens (including phenoxy) is 1. The van der Waals surface area contributed by atoms with Crippen LogP contribution in [-0.4, -0.2) is 29.7 Å². The first kappa shape index (κ1) is 15.9. The van der Waals surface area contributed by atoms with Crippen molar-refractivity contribution < 1.29 is 4.74 Å². The van der Waals surface area contributed by atoms with Crippen LogP contribution in [0.1, 0.15) is 44.6 Å². The van der Waals surface area contributed by atoms with Gasteiger partial charge in [0.25, 0.3) is 0 Å². The molecule has 1 aromatic rings. The molecule has 0 radical (unpaired) electrons. The fraction of sp³-hybridized carbons (Fsp3) is 0.733. The monoisotopic (exact) mass is 389 g/mol. The molecule has 1 atom stereocenters. The van der Waals surface area contributed by atoms with Gasteiger partial charge >= 0.3 is 0 Å². The van der Waals surface area contributed by atoms with E-state index in [1.54, 1.807) is 0 Å². The highest BCUT2D eigenvalue weighted by molar-refractivity contribution is 14.1. The van der Waals surface area contributed by atoms with Gasteiger partial charge in [0.05, 0.1) is 9.26 Å². The molecule has 1 fully saturated rings. The molecular formula is C15H24IN3O. The highest BCUT2D eigenvalue weighted by atomic mass is 127. The van der Waals surface area contributed by atoms with E-state index in [0.29, 0.717) is 5.92 Å². The number of rotatable bonds is 7. The summed E-state index contributed by atoms with van der Waals surface area (Å²) in [6, 6.07) is 0. The van der Waals surface area contributed by atoms with Crippen LogP contribution in [0.5, 0.6) is 0 Å². The molecular weight excluding hydrogens is 365 g/mol. The van der Waals surface area contributed by atoms with E-state index in [9.17, 15) is 0 Å². The number of hydrogen-bond acceptors (Lipinski definition) is 4. The Morgan fingerprint density at radius 1 is 1.30 bits per heavy atom. The maximum atomic E-state index is 5.45. The zero-order valence-corrected chi connectivity index (χ0v) is 14.6. The van der Waals surface area contributed by atoms with Gasteiger partial charge in [-0.2, -0.15) is 0 Å². The van der Waals surface area contributed by atoms with Crippen LogP contribution < -0.4 is 5.32 Å². The summed E-state index contributed by atoms with van der Waals surface area (Å²) >= 11 is 2.37. The first-order valence-corrected chi connectivity index (χ1v) is 8.69. The minimum atomic E-state index is 0.587. The van der Waals surface area contributed by atoms with E-state index in [-0.39, 0.29) is 0 Å². The van der Waals surface area contributed by atoms with Crippen LogP contribution in [0.15, 0.2) is 0 Å². The minimum Gasteiger partial charge on any atom is -0.381 e. The first-order chi connectivity index (χ1) is 9.74. The second kappa shape index (κ2) is 8.12. The van der Waals surface area contributed by atoms with Gasteiger partial charge in [-0.1, -0.05) is 20.3 Å². The average molecular weight is 389 g/mol. The molecule has 0 bridgehead atoms. The van der Waals surface area contributed by atoms with Crippen molar-refractivity contribution >= 4 is 28.4 Å². The maximum Gasteiger partial charge on any atom is 0.143 e. The second-order valence-electron chi connectivity index (χ2n) is 5.36. The molecule has 4 nitrogen and oxygen atoms in total. The molecule has 2 rings (SSSR count). The predicted octanol–water partition coefficient (Wildman–Crippen LogP) is 3.43. The topological polar surface area (TPSA) is 47.0 Å². The van der Waals surface area contributed by atoms with Crippen LogP contribution in [0.4, 0.5) is 5.82 Å². The Kier molecular flexibility index (Phi) is 6.48. The molecule has 20 heavy (non-hydrogen) atoms. The molecule has 0 spiro atoms. The largest absolute Gasteiger partial charge is 0.381 e. The quantitative estimate of drug-likeness (QED) is 0.726. The minimum absolute atomic E-state index is 0.587. The summed E-state index contributed by atoms with van der Waals surface area (Å²) in [5.41, 5.74) is 1.19. The van der Waals surface area contributed by atoms with E-state index in [4.69, 9.17) is 14.7 Å². The van der Waals surface area contributed by atoms with Crippen LogP contribution in [0.3, 0.4) is 0 Å². The van der Waals surface area contributed by atoms with Crippen molar-refractivity contribution in [3.05, 3.63) is 15.1 Å². The summed E-state index contributed by atoms with van der Waals surface area (Å²) in [7, 11) is 0. The van der Waals surface area contributed by atoms with Crippen molar-refractivity contribution in [3.63, 3.8) is 0 Å². The molecule has 0 aliphatic carbocycles. The molecule has 5 heteroatoms. The molecule has 1 aromatic heterocycles. The summed E-state index contributed by atoms with van der Waals surface area (Å²) in [5.74, 6) is 2.58. The van der Waals surface area contributed by atoms with E-state index in [1.807, 2.05) is 0 Å². The van der Waals surface area contributed by atoms with Crippen molar-refractivity contribution in [2.24, 2.45) is 5.92 Å². The van der Waals surface area contributed by atoms with Crippen LogP contribution in [-0.2, 0) is 17.6 Å². The number of nitrogens with zero attached hydrogens (tertiary/aromatic N) is 2. The summed E-state index contributed by atoms with van der Waals surface area (Å²) in [4.78, 5) is 9.51. The van der Waals surface area contributed by atoms with Gasteiger partial charge in [0, 0.05) is 26.2 Å². The Morgan fingerprint density at radius 2 is 2.15 bits per heavy atom. The Balaban J connectivity index is 2.18. The highest BCUT2D eigenvalue weighted by Gasteiger charge is 2.19. The fourth-order valence-corrected chi connectivity index (χ4v) is 3.10. The zero-order chi connectivity index (χ0) is 14.4. The van der Waals surface area contributed by atoms with Gasteiger partial charge in [0.1, 0.15) is 11.6 Å². The second-order valence-corrected chi connectivity index (χ2v) is 6.44. The van der Waals surface area contributed by atoms with E-state index >= 15 is 0 Å². The first-order valence-electron chi connectivity index (χ1n) is 7.61. The van der Waals surface area contributed by atoms with Crippen LogP contribution in [0.2, 0.25) is 0 Å². The van der Waals surface area contributed by atoms with E-state index < -0.39 is 0 Å². The summed E-state index contributed by atoms with van der Waals surface area (Å²) in [6.07, 6.45) is 5.32. The molecule has 112 valence electrons. The summed E-state index contributed by atoms with van der Waals surface area (Å²) in [5, 5.41) is 3.44. The third-order valence-corrected chi connectivity index (χ3v) is 4.62. The predicted molar refractivity (Wildman–Crippen MR) is 90.2 cm³/mol. The van der Waals surface area contributed by atoms with Crippen LogP contribution >= 0.6 is 22.6 Å². The number of hydrogen-bond donors (Lipinski definition) is 1. The molecule has 2 heterocycles. The molecule has 0 saturated carbocycles. The van der Waals surface area contributed by atoms with Gasteiger partial charge in [-0.25, -0.2) is 9.97 Å². The van der Waals surface area contributed by atoms with Gasteiger partial charge < -0.3 is 10.1 Å². The van der Waals surface area contributed by atoms with E-state index in [1.165, 1.54) is 9.26 Å². The fourth-order valence-electron chi connectivity index (χ4n) is 2.40. The van der Waals surface area contributed by atoms with Gasteiger partial charge in [0.15, 0.2) is 0 Å². The molecule has 1 N–H and O–H groups in total. The lowest BCUT2D eigenvalue weighted by Crippen LogP contribution is -2.13. The summed E-state index contributed by atoms with van der Waals surface area (Å²) in [6.45, 7) is 7.07. The number of anilines is 1. The van der Waals surface area contributed by atoms with E-state index in [2.05, 4.69) is 41.8 Å². The third-order valence-electron chi connectivity index (χ3n) is 3.49. The Labute approximate surface area is 135 Å². The standard InChI is InChI=1S/C15H24IN3O/c1-3-5-12-14(16)15(17-7-4-2)19-13(18-12)9-11-6-8-20-10-11/h11H,3-10H2,1-2H3,(H,17,18,19). The van der Waals surface area contributed by atoms with Crippen molar-refractivity contribution in [3.8, 4) is 0 Å². The van der Waals surface area contributed by atoms with Crippen molar-refractivity contribution in [2.45, 2.75) is 46.0 Å². The number of nitrogens with one attached hydrogen (secondary N) is 1. The van der Waals surface area contributed by atoms with Gasteiger partial charge in [-0.3, -0.25) is 0 Å². The molecule has 0 aromatic carbocycles. The number of aromatic nitrogens is 2. The van der Waals surface area contributed by atoms with Crippen molar-refractivity contribution in [1.82, 2.24) is 9.97 Å². The SMILES string of the molecule is CCCNc1nc(CC2CCOC2)nc(CCC)c1I. The smallest absolute Gasteiger partial charge is 0.143 e. The third kappa shape index (κ3) is 4.28. The van der Waals surface area contributed by atoms with Gasteiger partial charge in [0.2, 0.25) is 0 Å². The Morgan fingerprint density at radius 3 is 2.80 bits per heavy atom. The van der Waals surface area contributed by atoms with Crippen molar-refractivity contribution in [1.29, 1.82) is 0 Å². The van der Waals surface area contributed by atoms with E-state index in [0.717, 1.165) is 63.5 Å². The highest BCUT2D eigenvalue weighted by Crippen LogP contribution is 2.23. The maximum absolute atomic E-state index is 5.45. The lowest BCUT2D eigenvalue weighted by atomic mass is 10.0. The van der Waals surface area contributed by atoms with Crippen LogP contribution in [0.25, 0.3) is 0 Å². The average Bonchev–Trinajstić information content (AvgIpc) is 2.94. The van der Waals surface area contributed by atoms with Crippen LogP contribution in [0, 0.1) is 9.49 Å². The normalized spacial score (nSPS) is 18.4. The molecule has 0 amide bonds. The molecule has 1 aliphatic rings. The Bertz CT molecular complexity index is 433. The van der Waals surface area contributed by atoms with Crippen molar-refractivity contribution in [2.75, 3.05) is 25.1 Å². The Hall–Kier alpha value is -0.430. The molecule has 1 unspecified atom stereocenters. The van der Waals surface area contributed by atoms with Gasteiger partial charge in [-0.15, -0.1) is 0 Å². The lowest BCUT2D eigenvalue weighted by Gasteiger charge is -2.14. The zero-order valence-electron chi connectivity index (χ0n) is 12.4. The lowest BCUT2D eigenvalue weighted by molar-refractivity contribution is 0.185. The summed E-state index contributed by atoms with van der Waals surface area (Å²) < 4.78 is 6.64. The number of halogens is 1. The number of aryl methyl sites for hydroxylation is 1.